The molecule has 0 bridgehead atoms. The Morgan fingerprint density at radius 3 is 3.14 bits per heavy atom. The lowest BCUT2D eigenvalue weighted by atomic mass is 10.1. The van der Waals surface area contributed by atoms with Gasteiger partial charge in [0, 0.05) is 24.4 Å². The zero-order valence-corrected chi connectivity index (χ0v) is 12.8. The summed E-state index contributed by atoms with van der Waals surface area (Å²) in [5.41, 5.74) is 0.309. The van der Waals surface area contributed by atoms with E-state index in [4.69, 9.17) is 0 Å². The highest BCUT2D eigenvalue weighted by atomic mass is 32.1. The van der Waals surface area contributed by atoms with Gasteiger partial charge in [-0.15, -0.1) is 0 Å². The lowest BCUT2D eigenvalue weighted by Gasteiger charge is -2.22. The van der Waals surface area contributed by atoms with Crippen molar-refractivity contribution in [1.82, 2.24) is 20.1 Å². The molecule has 8 nitrogen and oxygen atoms in total. The monoisotopic (exact) mass is 321 g/mol. The second-order valence-electron chi connectivity index (χ2n) is 5.06. The van der Waals surface area contributed by atoms with E-state index in [2.05, 4.69) is 15.4 Å². The van der Waals surface area contributed by atoms with Gasteiger partial charge in [-0.1, -0.05) is 18.3 Å². The van der Waals surface area contributed by atoms with Gasteiger partial charge in [0.15, 0.2) is 5.82 Å². The number of nitrogens with one attached hydrogen (secondary N) is 1. The Kier molecular flexibility index (Phi) is 3.88. The molecule has 0 fully saturated rings. The second kappa shape index (κ2) is 5.84. The van der Waals surface area contributed by atoms with E-state index in [-0.39, 0.29) is 17.0 Å². The number of carbonyl (C=O) groups is 1. The van der Waals surface area contributed by atoms with Gasteiger partial charge < -0.3 is 5.32 Å². The first-order chi connectivity index (χ1) is 10.6. The zero-order chi connectivity index (χ0) is 15.7. The third-order valence-electron chi connectivity index (χ3n) is 3.57. The molecule has 9 heteroatoms. The number of hydrogen-bond acceptors (Lipinski definition) is 6. The van der Waals surface area contributed by atoms with Crippen LogP contribution in [0.4, 0.5) is 5.00 Å². The van der Waals surface area contributed by atoms with Gasteiger partial charge in [-0.3, -0.25) is 14.9 Å². The number of aromatic nitrogens is 3. The molecule has 116 valence electrons. The third-order valence-corrected chi connectivity index (χ3v) is 4.45. The standard InChI is InChI=1S/C13H15N5O3S/c1-2-10-15-12-9(4-3-5-17(12)16-10)14-13(19)8-6-11(18(20)21)22-7-8/h6-7,9H,2-5H2,1H3,(H,14,19). The Hall–Kier alpha value is -2.29. The van der Waals surface area contributed by atoms with E-state index < -0.39 is 4.92 Å². The van der Waals surface area contributed by atoms with E-state index in [9.17, 15) is 14.9 Å². The van der Waals surface area contributed by atoms with Crippen LogP contribution in [0.2, 0.25) is 0 Å². The van der Waals surface area contributed by atoms with E-state index in [0.29, 0.717) is 5.56 Å². The number of aryl methyl sites for hydroxylation is 2. The van der Waals surface area contributed by atoms with Crippen molar-refractivity contribution in [3.05, 3.63) is 38.8 Å². The van der Waals surface area contributed by atoms with E-state index >= 15 is 0 Å². The average Bonchev–Trinajstić information content (AvgIpc) is 3.14. The van der Waals surface area contributed by atoms with E-state index in [0.717, 1.165) is 48.8 Å². The van der Waals surface area contributed by atoms with Crippen LogP contribution in [-0.2, 0) is 13.0 Å². The molecule has 0 aliphatic carbocycles. The number of amides is 1. The van der Waals surface area contributed by atoms with Crippen LogP contribution >= 0.6 is 11.3 Å². The smallest absolute Gasteiger partial charge is 0.324 e. The van der Waals surface area contributed by atoms with Crippen LogP contribution in [0.1, 0.15) is 47.8 Å². The molecule has 0 saturated carbocycles. The fourth-order valence-corrected chi connectivity index (χ4v) is 3.17. The van der Waals surface area contributed by atoms with Crippen molar-refractivity contribution >= 4 is 22.2 Å². The number of nitro groups is 1. The summed E-state index contributed by atoms with van der Waals surface area (Å²) in [5, 5.41) is 19.4. The Bertz CT molecular complexity index is 723. The highest BCUT2D eigenvalue weighted by molar-refractivity contribution is 7.13. The number of fused-ring (bicyclic) bond motifs is 1. The molecular formula is C13H15N5O3S. The van der Waals surface area contributed by atoms with Gasteiger partial charge in [-0.2, -0.15) is 5.10 Å². The minimum Gasteiger partial charge on any atom is -0.342 e. The lowest BCUT2D eigenvalue weighted by molar-refractivity contribution is -0.380. The van der Waals surface area contributed by atoms with Crippen molar-refractivity contribution in [2.24, 2.45) is 0 Å². The van der Waals surface area contributed by atoms with Gasteiger partial charge in [-0.05, 0) is 12.8 Å². The summed E-state index contributed by atoms with van der Waals surface area (Å²) in [5.74, 6) is 1.22. The number of rotatable bonds is 4. The third kappa shape index (κ3) is 2.71. The summed E-state index contributed by atoms with van der Waals surface area (Å²) < 4.78 is 1.84. The first-order valence-corrected chi connectivity index (χ1v) is 7.94. The van der Waals surface area contributed by atoms with E-state index in [1.165, 1.54) is 11.4 Å². The molecule has 2 aromatic heterocycles. The first kappa shape index (κ1) is 14.6. The fourth-order valence-electron chi connectivity index (χ4n) is 2.47. The molecule has 1 atom stereocenters. The van der Waals surface area contributed by atoms with Gasteiger partial charge in [0.25, 0.3) is 5.91 Å². The predicted molar refractivity (Wildman–Crippen MR) is 79.8 cm³/mol. The summed E-state index contributed by atoms with van der Waals surface area (Å²) in [6, 6.07) is 1.10. The number of thiophene rings is 1. The van der Waals surface area contributed by atoms with Crippen LogP contribution in [0.15, 0.2) is 11.4 Å². The summed E-state index contributed by atoms with van der Waals surface area (Å²) in [7, 11) is 0. The Morgan fingerprint density at radius 2 is 2.45 bits per heavy atom. The van der Waals surface area contributed by atoms with Crippen LogP contribution in [0.25, 0.3) is 0 Å². The molecule has 0 aromatic carbocycles. The number of carbonyl (C=O) groups excluding carboxylic acids is 1. The molecule has 1 N–H and O–H groups in total. The van der Waals surface area contributed by atoms with Crippen LogP contribution in [0.3, 0.4) is 0 Å². The molecule has 2 aromatic rings. The summed E-state index contributed by atoms with van der Waals surface area (Å²) >= 11 is 0.948. The quantitative estimate of drug-likeness (QED) is 0.686. The van der Waals surface area contributed by atoms with Crippen molar-refractivity contribution in [2.75, 3.05) is 0 Å². The average molecular weight is 321 g/mol. The van der Waals surface area contributed by atoms with Crippen LogP contribution < -0.4 is 5.32 Å². The van der Waals surface area contributed by atoms with Crippen LogP contribution in [0.5, 0.6) is 0 Å². The van der Waals surface area contributed by atoms with Gasteiger partial charge in [-0.25, -0.2) is 9.67 Å². The fraction of sp³-hybridized carbons (Fsp3) is 0.462. The lowest BCUT2D eigenvalue weighted by Crippen LogP contribution is -2.33. The van der Waals surface area contributed by atoms with Crippen LogP contribution in [-0.4, -0.2) is 25.6 Å². The normalized spacial score (nSPS) is 17.0. The first-order valence-electron chi connectivity index (χ1n) is 7.06. The molecule has 22 heavy (non-hydrogen) atoms. The largest absolute Gasteiger partial charge is 0.342 e. The molecule has 0 radical (unpaired) electrons. The van der Waals surface area contributed by atoms with Crippen molar-refractivity contribution in [1.29, 1.82) is 0 Å². The summed E-state index contributed by atoms with van der Waals surface area (Å²) in [6.07, 6.45) is 2.45. The maximum absolute atomic E-state index is 12.3. The minimum absolute atomic E-state index is 0.0368. The molecular weight excluding hydrogens is 306 g/mol. The Balaban J connectivity index is 1.77. The minimum atomic E-state index is -0.494. The second-order valence-corrected chi connectivity index (χ2v) is 5.95. The highest BCUT2D eigenvalue weighted by Crippen LogP contribution is 2.26. The number of nitrogens with zero attached hydrogens (tertiary/aromatic N) is 4. The summed E-state index contributed by atoms with van der Waals surface area (Å²) in [6.45, 7) is 2.79. The SMILES string of the molecule is CCc1nc2n(n1)CCCC2NC(=O)c1csc([N+](=O)[O-])c1. The topological polar surface area (TPSA) is 103 Å². The Labute approximate surface area is 130 Å². The Morgan fingerprint density at radius 1 is 1.64 bits per heavy atom. The van der Waals surface area contributed by atoms with E-state index in [1.54, 1.807) is 0 Å². The van der Waals surface area contributed by atoms with Gasteiger partial charge >= 0.3 is 5.00 Å². The predicted octanol–water partition coefficient (Wildman–Crippen LogP) is 2.08. The molecule has 1 aliphatic rings. The number of hydrogen-bond donors (Lipinski definition) is 1. The van der Waals surface area contributed by atoms with Crippen molar-refractivity contribution in [2.45, 2.75) is 38.8 Å². The molecule has 1 unspecified atom stereocenters. The molecule has 3 heterocycles. The maximum atomic E-state index is 12.3. The molecule has 1 aliphatic heterocycles. The van der Waals surface area contributed by atoms with Crippen LogP contribution in [0, 0.1) is 10.1 Å². The van der Waals surface area contributed by atoms with E-state index in [1.807, 2.05) is 11.6 Å². The van der Waals surface area contributed by atoms with Gasteiger partial charge in [0.1, 0.15) is 5.82 Å². The van der Waals surface area contributed by atoms with Gasteiger partial charge in [0.2, 0.25) is 0 Å². The zero-order valence-electron chi connectivity index (χ0n) is 12.0. The van der Waals surface area contributed by atoms with Crippen molar-refractivity contribution in [3.8, 4) is 0 Å². The molecule has 3 rings (SSSR count). The molecule has 0 spiro atoms. The highest BCUT2D eigenvalue weighted by Gasteiger charge is 2.26. The van der Waals surface area contributed by atoms with Crippen molar-refractivity contribution in [3.63, 3.8) is 0 Å². The summed E-state index contributed by atoms with van der Waals surface area (Å²) in [4.78, 5) is 26.9. The molecule has 1 amide bonds. The van der Waals surface area contributed by atoms with Crippen molar-refractivity contribution < 1.29 is 9.72 Å². The maximum Gasteiger partial charge on any atom is 0.324 e. The van der Waals surface area contributed by atoms with Gasteiger partial charge in [0.05, 0.1) is 16.5 Å². The molecule has 0 saturated heterocycles.